The molecular weight excluding hydrogens is 240 g/mol. The molecule has 0 aliphatic carbocycles. The number of nitrogen functional groups attached to an aromatic ring is 1. The highest BCUT2D eigenvalue weighted by Gasteiger charge is 2.23. The van der Waals surface area contributed by atoms with Crippen molar-refractivity contribution in [2.75, 3.05) is 49.7 Å². The van der Waals surface area contributed by atoms with Crippen molar-refractivity contribution in [1.82, 2.24) is 14.9 Å². The van der Waals surface area contributed by atoms with E-state index in [9.17, 15) is 0 Å². The minimum absolute atomic E-state index is 0.328. The van der Waals surface area contributed by atoms with Crippen LogP contribution in [0.5, 0.6) is 0 Å². The maximum absolute atomic E-state index is 5.80. The van der Waals surface area contributed by atoms with Gasteiger partial charge in [-0.2, -0.15) is 9.97 Å². The van der Waals surface area contributed by atoms with E-state index in [1.54, 1.807) is 0 Å². The van der Waals surface area contributed by atoms with Crippen LogP contribution in [0.4, 0.5) is 17.6 Å². The maximum atomic E-state index is 5.80. The van der Waals surface area contributed by atoms with E-state index < -0.39 is 0 Å². The zero-order chi connectivity index (χ0) is 13.8. The molecule has 0 spiro atoms. The third-order valence-corrected chi connectivity index (χ3v) is 3.65. The average molecular weight is 264 g/mol. The van der Waals surface area contributed by atoms with E-state index in [0.29, 0.717) is 12.0 Å². The third-order valence-electron chi connectivity index (χ3n) is 3.65. The molecule has 1 fully saturated rings. The molecule has 1 atom stereocenters. The van der Waals surface area contributed by atoms with E-state index in [1.165, 1.54) is 0 Å². The van der Waals surface area contributed by atoms with Crippen molar-refractivity contribution in [2.45, 2.75) is 25.8 Å². The molecule has 0 radical (unpaired) electrons. The molecule has 19 heavy (non-hydrogen) atoms. The van der Waals surface area contributed by atoms with Crippen LogP contribution in [-0.4, -0.2) is 54.6 Å². The van der Waals surface area contributed by atoms with E-state index in [1.807, 2.05) is 13.1 Å². The molecule has 0 saturated carbocycles. The number of aromatic nitrogens is 2. The second-order valence-corrected chi connectivity index (χ2v) is 5.09. The Kier molecular flexibility index (Phi) is 4.42. The van der Waals surface area contributed by atoms with E-state index in [4.69, 9.17) is 5.73 Å². The standard InChI is InChI=1S/C13H24N6/c1-4-10-9-18(3)6-5-7-19(10)12-8-11(15-2)16-13(14)17-12/h8,10H,4-7,9H2,1-3H3,(H3,14,15,16,17). The lowest BCUT2D eigenvalue weighted by Crippen LogP contribution is -2.40. The van der Waals surface area contributed by atoms with Crippen LogP contribution in [-0.2, 0) is 0 Å². The molecule has 0 aromatic carbocycles. The van der Waals surface area contributed by atoms with Crippen LogP contribution in [0.1, 0.15) is 19.8 Å². The van der Waals surface area contributed by atoms with Gasteiger partial charge < -0.3 is 20.9 Å². The Bertz CT molecular complexity index is 422. The molecule has 2 heterocycles. The number of anilines is 3. The van der Waals surface area contributed by atoms with Crippen molar-refractivity contribution in [1.29, 1.82) is 0 Å². The molecule has 1 aliphatic rings. The van der Waals surface area contributed by atoms with Gasteiger partial charge in [-0.05, 0) is 26.4 Å². The third kappa shape index (κ3) is 3.26. The van der Waals surface area contributed by atoms with Crippen molar-refractivity contribution in [2.24, 2.45) is 0 Å². The maximum Gasteiger partial charge on any atom is 0.223 e. The first-order valence-corrected chi connectivity index (χ1v) is 6.91. The molecule has 106 valence electrons. The number of hydrogen-bond donors (Lipinski definition) is 2. The van der Waals surface area contributed by atoms with Gasteiger partial charge in [-0.15, -0.1) is 0 Å². The highest BCUT2D eigenvalue weighted by atomic mass is 15.3. The fraction of sp³-hybridized carbons (Fsp3) is 0.692. The Morgan fingerprint density at radius 3 is 2.89 bits per heavy atom. The average Bonchev–Trinajstić information content (AvgIpc) is 2.59. The Labute approximate surface area is 115 Å². The molecule has 1 unspecified atom stereocenters. The van der Waals surface area contributed by atoms with Crippen molar-refractivity contribution in [3.63, 3.8) is 0 Å². The van der Waals surface area contributed by atoms with E-state index >= 15 is 0 Å². The largest absolute Gasteiger partial charge is 0.373 e. The summed E-state index contributed by atoms with van der Waals surface area (Å²) in [5.74, 6) is 2.03. The Hall–Kier alpha value is -1.56. The number of nitrogens with two attached hydrogens (primary N) is 1. The first kappa shape index (κ1) is 13.9. The smallest absolute Gasteiger partial charge is 0.223 e. The molecular formula is C13H24N6. The van der Waals surface area contributed by atoms with Crippen molar-refractivity contribution in [3.05, 3.63) is 6.07 Å². The summed E-state index contributed by atoms with van der Waals surface area (Å²) in [5.41, 5.74) is 5.80. The highest BCUT2D eigenvalue weighted by Crippen LogP contribution is 2.22. The number of nitrogens with one attached hydrogen (secondary N) is 1. The quantitative estimate of drug-likeness (QED) is 0.849. The van der Waals surface area contributed by atoms with Gasteiger partial charge >= 0.3 is 0 Å². The number of hydrogen-bond acceptors (Lipinski definition) is 6. The molecule has 0 bridgehead atoms. The van der Waals surface area contributed by atoms with Crippen LogP contribution in [0.2, 0.25) is 0 Å². The van der Waals surface area contributed by atoms with Gasteiger partial charge in [0.05, 0.1) is 0 Å². The second kappa shape index (κ2) is 6.06. The van der Waals surface area contributed by atoms with Crippen LogP contribution in [0.25, 0.3) is 0 Å². The molecule has 0 amide bonds. The van der Waals surface area contributed by atoms with Gasteiger partial charge in [-0.1, -0.05) is 6.92 Å². The number of rotatable bonds is 3. The van der Waals surface area contributed by atoms with Gasteiger partial charge in [0.1, 0.15) is 11.6 Å². The topological polar surface area (TPSA) is 70.3 Å². The van der Waals surface area contributed by atoms with E-state index in [2.05, 4.69) is 39.1 Å². The van der Waals surface area contributed by atoms with Gasteiger partial charge in [0.25, 0.3) is 0 Å². The predicted molar refractivity (Wildman–Crippen MR) is 79.5 cm³/mol. The molecule has 1 aliphatic heterocycles. The van der Waals surface area contributed by atoms with Crippen LogP contribution < -0.4 is 16.0 Å². The van der Waals surface area contributed by atoms with E-state index in [0.717, 1.165) is 44.1 Å². The lowest BCUT2D eigenvalue weighted by atomic mass is 10.2. The van der Waals surface area contributed by atoms with Crippen LogP contribution >= 0.6 is 0 Å². The zero-order valence-electron chi connectivity index (χ0n) is 12.1. The van der Waals surface area contributed by atoms with Gasteiger partial charge in [0.15, 0.2) is 0 Å². The van der Waals surface area contributed by atoms with Crippen LogP contribution in [0.3, 0.4) is 0 Å². The Morgan fingerprint density at radius 1 is 1.42 bits per heavy atom. The summed E-state index contributed by atoms with van der Waals surface area (Å²) in [6.07, 6.45) is 2.24. The Morgan fingerprint density at radius 2 is 2.21 bits per heavy atom. The molecule has 6 nitrogen and oxygen atoms in total. The van der Waals surface area contributed by atoms with Gasteiger partial charge in [-0.25, -0.2) is 0 Å². The molecule has 2 rings (SSSR count). The van der Waals surface area contributed by atoms with Crippen LogP contribution in [0.15, 0.2) is 6.07 Å². The molecule has 1 aromatic heterocycles. The lowest BCUT2D eigenvalue weighted by Gasteiger charge is -2.31. The number of likely N-dealkylation sites (N-methyl/N-ethyl adjacent to an activating group) is 1. The molecule has 1 saturated heterocycles. The number of nitrogens with zero attached hydrogens (tertiary/aromatic N) is 4. The first-order chi connectivity index (χ1) is 9.13. The summed E-state index contributed by atoms with van der Waals surface area (Å²) in [6.45, 7) is 5.44. The monoisotopic (exact) mass is 264 g/mol. The minimum Gasteiger partial charge on any atom is -0.373 e. The summed E-state index contributed by atoms with van der Waals surface area (Å²) in [6, 6.07) is 2.45. The molecule has 3 N–H and O–H groups in total. The van der Waals surface area contributed by atoms with Crippen molar-refractivity contribution in [3.8, 4) is 0 Å². The Balaban J connectivity index is 2.29. The second-order valence-electron chi connectivity index (χ2n) is 5.09. The first-order valence-electron chi connectivity index (χ1n) is 6.91. The SMILES string of the molecule is CCC1CN(C)CCCN1c1cc(NC)nc(N)n1. The van der Waals surface area contributed by atoms with Crippen molar-refractivity contribution < 1.29 is 0 Å². The fourth-order valence-corrected chi connectivity index (χ4v) is 2.62. The van der Waals surface area contributed by atoms with Crippen LogP contribution in [0, 0.1) is 0 Å². The van der Waals surface area contributed by atoms with E-state index in [-0.39, 0.29) is 0 Å². The van der Waals surface area contributed by atoms with Crippen molar-refractivity contribution >= 4 is 17.6 Å². The van der Waals surface area contributed by atoms with Gasteiger partial charge in [0.2, 0.25) is 5.95 Å². The predicted octanol–water partition coefficient (Wildman–Crippen LogP) is 1.02. The van der Waals surface area contributed by atoms with Gasteiger partial charge in [-0.3, -0.25) is 0 Å². The van der Waals surface area contributed by atoms with Gasteiger partial charge in [0, 0.05) is 32.2 Å². The normalized spacial score (nSPS) is 21.2. The fourth-order valence-electron chi connectivity index (χ4n) is 2.62. The summed E-state index contributed by atoms with van der Waals surface area (Å²) < 4.78 is 0. The highest BCUT2D eigenvalue weighted by molar-refractivity contribution is 5.53. The summed E-state index contributed by atoms with van der Waals surface area (Å²) in [5, 5.41) is 3.04. The summed E-state index contributed by atoms with van der Waals surface area (Å²) >= 11 is 0. The summed E-state index contributed by atoms with van der Waals surface area (Å²) in [7, 11) is 4.03. The zero-order valence-corrected chi connectivity index (χ0v) is 12.1. The molecule has 1 aromatic rings. The summed E-state index contributed by atoms with van der Waals surface area (Å²) in [4.78, 5) is 13.3. The molecule has 6 heteroatoms. The minimum atomic E-state index is 0.328. The lowest BCUT2D eigenvalue weighted by molar-refractivity contribution is 0.327.